The van der Waals surface area contributed by atoms with E-state index in [9.17, 15) is 13.2 Å². The Morgan fingerprint density at radius 2 is 1.96 bits per heavy atom. The second kappa shape index (κ2) is 7.89. The fourth-order valence-electron chi connectivity index (χ4n) is 1.80. The van der Waals surface area contributed by atoms with Gasteiger partial charge in [0.05, 0.1) is 10.4 Å². The maximum atomic E-state index is 12.5. The largest absolute Gasteiger partial charge is 0.465 e. The third kappa shape index (κ3) is 4.63. The van der Waals surface area contributed by atoms with E-state index in [1.54, 1.807) is 37.3 Å². The highest BCUT2D eigenvalue weighted by molar-refractivity contribution is 9.13. The molecule has 23 heavy (non-hydrogen) atoms. The first-order valence-electron chi connectivity index (χ1n) is 6.54. The average Bonchev–Trinajstić information content (AvgIpc) is 2.86. The average molecular weight is 483 g/mol. The van der Waals surface area contributed by atoms with Gasteiger partial charge in [-0.15, -0.1) is 11.3 Å². The number of ether oxygens (including phenoxy) is 1. The van der Waals surface area contributed by atoms with Gasteiger partial charge in [0.1, 0.15) is 10.3 Å². The normalized spacial score (nSPS) is 12.8. The summed E-state index contributed by atoms with van der Waals surface area (Å²) >= 11 is 7.57. The number of nitrogens with one attached hydrogen (secondary N) is 1. The molecule has 0 saturated heterocycles. The van der Waals surface area contributed by atoms with Crippen LogP contribution in [0.25, 0.3) is 0 Å². The van der Waals surface area contributed by atoms with E-state index in [1.165, 1.54) is 6.07 Å². The molecule has 0 aliphatic carbocycles. The van der Waals surface area contributed by atoms with Gasteiger partial charge in [0.2, 0.25) is 0 Å². The Hall–Kier alpha value is -0.740. The second-order valence-corrected chi connectivity index (χ2v) is 9.57. The number of carbonyl (C=O) groups is 1. The molecule has 1 atom stereocenters. The highest BCUT2D eigenvalue weighted by atomic mass is 79.9. The van der Waals surface area contributed by atoms with Crippen molar-refractivity contribution >= 4 is 59.2 Å². The molecule has 0 aliphatic heterocycles. The van der Waals surface area contributed by atoms with E-state index in [-0.39, 0.29) is 10.8 Å². The van der Waals surface area contributed by atoms with E-state index in [0.29, 0.717) is 13.8 Å². The van der Waals surface area contributed by atoms with Crippen molar-refractivity contribution in [2.75, 3.05) is 6.61 Å². The minimum atomic E-state index is -3.86. The number of benzene rings is 1. The molecule has 0 radical (unpaired) electrons. The summed E-state index contributed by atoms with van der Waals surface area (Å²) < 4.78 is 33.9. The van der Waals surface area contributed by atoms with Crippen molar-refractivity contribution in [2.45, 2.75) is 17.2 Å². The molecule has 0 amide bonds. The first-order chi connectivity index (χ1) is 10.8. The Morgan fingerprint density at radius 1 is 1.30 bits per heavy atom. The van der Waals surface area contributed by atoms with Crippen LogP contribution in [0.15, 0.2) is 48.9 Å². The van der Waals surface area contributed by atoms with Gasteiger partial charge in [0, 0.05) is 4.47 Å². The molecule has 2 rings (SSSR count). The van der Waals surface area contributed by atoms with Gasteiger partial charge in [-0.3, -0.25) is 0 Å². The molecule has 0 bridgehead atoms. The molecule has 1 aromatic carbocycles. The first kappa shape index (κ1) is 18.6. The summed E-state index contributed by atoms with van der Waals surface area (Å²) in [7, 11) is -3.86. The molecule has 9 heteroatoms. The molecular formula is C14H13Br2NO4S2. The van der Waals surface area contributed by atoms with E-state index in [2.05, 4.69) is 36.6 Å². The van der Waals surface area contributed by atoms with Gasteiger partial charge in [0.15, 0.2) is 0 Å². The topological polar surface area (TPSA) is 72.5 Å². The van der Waals surface area contributed by atoms with Crippen molar-refractivity contribution in [1.82, 2.24) is 4.72 Å². The summed E-state index contributed by atoms with van der Waals surface area (Å²) in [6, 6.07) is 8.97. The second-order valence-electron chi connectivity index (χ2n) is 4.40. The lowest BCUT2D eigenvalue weighted by molar-refractivity contribution is -0.145. The minimum Gasteiger partial charge on any atom is -0.465 e. The predicted molar refractivity (Wildman–Crippen MR) is 95.9 cm³/mol. The van der Waals surface area contributed by atoms with Gasteiger partial charge < -0.3 is 4.74 Å². The van der Waals surface area contributed by atoms with E-state index >= 15 is 0 Å². The monoisotopic (exact) mass is 481 g/mol. The number of rotatable bonds is 6. The van der Waals surface area contributed by atoms with E-state index in [1.807, 2.05) is 0 Å². The molecule has 1 heterocycles. The third-order valence-electron chi connectivity index (χ3n) is 2.82. The number of sulfonamides is 1. The van der Waals surface area contributed by atoms with Crippen molar-refractivity contribution < 1.29 is 17.9 Å². The molecular weight excluding hydrogens is 470 g/mol. The number of esters is 1. The molecule has 5 nitrogen and oxygen atoms in total. The lowest BCUT2D eigenvalue weighted by Crippen LogP contribution is -2.34. The fraction of sp³-hybridized carbons (Fsp3) is 0.214. The minimum absolute atomic E-state index is 0.0986. The Morgan fingerprint density at radius 3 is 2.48 bits per heavy atom. The van der Waals surface area contributed by atoms with Crippen LogP contribution in [-0.4, -0.2) is 21.0 Å². The van der Waals surface area contributed by atoms with Crippen molar-refractivity contribution in [3.63, 3.8) is 0 Å². The predicted octanol–water partition coefficient (Wildman–Crippen LogP) is 3.86. The van der Waals surface area contributed by atoms with Crippen molar-refractivity contribution in [2.24, 2.45) is 0 Å². The van der Waals surface area contributed by atoms with Gasteiger partial charge in [-0.2, -0.15) is 4.72 Å². The summed E-state index contributed by atoms with van der Waals surface area (Å²) in [5.74, 6) is -0.642. The van der Waals surface area contributed by atoms with Gasteiger partial charge in [0.25, 0.3) is 10.0 Å². The Kier molecular flexibility index (Phi) is 6.38. The first-order valence-corrected chi connectivity index (χ1v) is 10.4. The lowest BCUT2D eigenvalue weighted by Gasteiger charge is -2.17. The summed E-state index contributed by atoms with van der Waals surface area (Å²) in [6.07, 6.45) is 0. The smallest absolute Gasteiger partial charge is 0.328 e. The maximum absolute atomic E-state index is 12.5. The Bertz CT molecular complexity index is 771. The summed E-state index contributed by atoms with van der Waals surface area (Å²) in [5.41, 5.74) is 0.518. The molecule has 0 fully saturated rings. The van der Waals surface area contributed by atoms with Crippen molar-refractivity contribution in [1.29, 1.82) is 0 Å². The molecule has 0 aliphatic rings. The van der Waals surface area contributed by atoms with Crippen molar-refractivity contribution in [3.05, 3.63) is 50.2 Å². The molecule has 2 aromatic rings. The molecule has 1 N–H and O–H groups in total. The highest BCUT2D eigenvalue weighted by Crippen LogP contribution is 2.35. The van der Waals surface area contributed by atoms with E-state index < -0.39 is 22.0 Å². The molecule has 1 aromatic heterocycles. The Balaban J connectivity index is 2.35. The van der Waals surface area contributed by atoms with Crippen LogP contribution in [0, 0.1) is 0 Å². The SMILES string of the molecule is CCOC(=O)C(NS(=O)(=O)c1cc(Br)c(Br)s1)c1ccccc1. The molecule has 1 unspecified atom stereocenters. The number of carbonyl (C=O) groups excluding carboxylic acids is 1. The van der Waals surface area contributed by atoms with E-state index in [0.717, 1.165) is 11.3 Å². The summed E-state index contributed by atoms with van der Waals surface area (Å²) in [5, 5.41) is 0. The van der Waals surface area contributed by atoms with Crippen molar-refractivity contribution in [3.8, 4) is 0 Å². The highest BCUT2D eigenvalue weighted by Gasteiger charge is 2.29. The van der Waals surface area contributed by atoms with Crippen LogP contribution in [-0.2, 0) is 19.6 Å². The number of hydrogen-bond acceptors (Lipinski definition) is 5. The van der Waals surface area contributed by atoms with Gasteiger partial charge in [-0.1, -0.05) is 30.3 Å². The maximum Gasteiger partial charge on any atom is 0.328 e. The quantitative estimate of drug-likeness (QED) is 0.634. The van der Waals surface area contributed by atoms with Crippen LogP contribution < -0.4 is 4.72 Å². The summed E-state index contributed by atoms with van der Waals surface area (Å²) in [6.45, 7) is 1.84. The zero-order chi connectivity index (χ0) is 17.0. The fourth-order valence-corrected chi connectivity index (χ4v) is 5.80. The number of thiophene rings is 1. The van der Waals surface area contributed by atoms with Crippen LogP contribution in [0.4, 0.5) is 0 Å². The summed E-state index contributed by atoms with van der Waals surface area (Å²) in [4.78, 5) is 12.2. The van der Waals surface area contributed by atoms with Crippen LogP contribution in [0.1, 0.15) is 18.5 Å². The zero-order valence-electron chi connectivity index (χ0n) is 12.0. The molecule has 0 spiro atoms. The number of hydrogen-bond donors (Lipinski definition) is 1. The van der Waals surface area contributed by atoms with Gasteiger partial charge in [-0.05, 0) is 50.4 Å². The van der Waals surface area contributed by atoms with Crippen LogP contribution >= 0.6 is 43.2 Å². The molecule has 124 valence electrons. The van der Waals surface area contributed by atoms with Crippen LogP contribution in [0.2, 0.25) is 0 Å². The Labute approximate surface area is 155 Å². The van der Waals surface area contributed by atoms with E-state index in [4.69, 9.17) is 4.74 Å². The zero-order valence-corrected chi connectivity index (χ0v) is 16.8. The molecule has 0 saturated carbocycles. The lowest BCUT2D eigenvalue weighted by atomic mass is 10.1. The third-order valence-corrected chi connectivity index (χ3v) is 7.97. The van der Waals surface area contributed by atoms with Gasteiger partial charge >= 0.3 is 5.97 Å². The number of halogens is 2. The van der Waals surface area contributed by atoms with Gasteiger partial charge in [-0.25, -0.2) is 13.2 Å². The van der Waals surface area contributed by atoms with Crippen LogP contribution in [0.3, 0.4) is 0 Å². The van der Waals surface area contributed by atoms with Crippen LogP contribution in [0.5, 0.6) is 0 Å². The standard InChI is InChI=1S/C14H13Br2NO4S2/c1-2-21-14(18)12(9-6-4-3-5-7-9)17-23(19,20)11-8-10(15)13(16)22-11/h3-8,12,17H,2H2,1H3.